The van der Waals surface area contributed by atoms with Crippen LogP contribution in [-0.2, 0) is 31.2 Å². The molecule has 22 heavy (non-hydrogen) atoms. The second kappa shape index (κ2) is 6.36. The Morgan fingerprint density at radius 2 is 2.23 bits per heavy atom. The second-order valence-electron chi connectivity index (χ2n) is 5.42. The van der Waals surface area contributed by atoms with E-state index >= 15 is 0 Å². The predicted octanol–water partition coefficient (Wildman–Crippen LogP) is 2.89. The molecule has 3 rings (SSSR count). The number of aromatic nitrogens is 2. The largest absolute Gasteiger partial charge is 0.347 e. The Kier molecular flexibility index (Phi) is 4.29. The Balaban J connectivity index is 1.63. The van der Waals surface area contributed by atoms with Crippen LogP contribution in [0.1, 0.15) is 28.9 Å². The topological polar surface area (TPSA) is 46.9 Å². The van der Waals surface area contributed by atoms with Gasteiger partial charge in [-0.1, -0.05) is 29.8 Å². The molecule has 0 spiro atoms. The molecular weight excluding hydrogens is 298 g/mol. The summed E-state index contributed by atoms with van der Waals surface area (Å²) in [5.41, 5.74) is 4.42. The summed E-state index contributed by atoms with van der Waals surface area (Å²) in [4.78, 5) is 12.0. The molecule has 1 aromatic heterocycles. The van der Waals surface area contributed by atoms with Crippen molar-refractivity contribution >= 4 is 23.6 Å². The predicted molar refractivity (Wildman–Crippen MR) is 87.6 cm³/mol. The van der Waals surface area contributed by atoms with Gasteiger partial charge in [0, 0.05) is 18.1 Å². The number of halogens is 1. The summed E-state index contributed by atoms with van der Waals surface area (Å²) in [6.07, 6.45) is 6.50. The van der Waals surface area contributed by atoms with E-state index in [1.165, 1.54) is 17.3 Å². The van der Waals surface area contributed by atoms with Crippen molar-refractivity contribution in [1.82, 2.24) is 15.1 Å². The molecule has 1 amide bonds. The van der Waals surface area contributed by atoms with Crippen LogP contribution < -0.4 is 5.32 Å². The zero-order chi connectivity index (χ0) is 15.5. The summed E-state index contributed by atoms with van der Waals surface area (Å²) < 4.78 is 1.88. The van der Waals surface area contributed by atoms with Gasteiger partial charge >= 0.3 is 0 Å². The monoisotopic (exact) mass is 315 g/mol. The maximum absolute atomic E-state index is 12.0. The number of rotatable bonds is 4. The van der Waals surface area contributed by atoms with Crippen LogP contribution in [0.5, 0.6) is 0 Å². The number of fused-ring (bicyclic) bond motifs is 1. The number of benzene rings is 1. The van der Waals surface area contributed by atoms with Gasteiger partial charge in [0.15, 0.2) is 0 Å². The number of nitrogens with one attached hydrogen (secondary N) is 1. The first kappa shape index (κ1) is 14.9. The van der Waals surface area contributed by atoms with Crippen LogP contribution in [0.4, 0.5) is 0 Å². The molecule has 114 valence electrons. The van der Waals surface area contributed by atoms with Gasteiger partial charge in [0.2, 0.25) is 5.91 Å². The molecule has 1 N–H and O–H groups in total. The third-order valence-electron chi connectivity index (χ3n) is 3.95. The summed E-state index contributed by atoms with van der Waals surface area (Å²) in [7, 11) is 1.93. The number of carbonyl (C=O) groups excluding carboxylic acids is 1. The Labute approximate surface area is 134 Å². The Morgan fingerprint density at radius 3 is 3.05 bits per heavy atom. The minimum Gasteiger partial charge on any atom is -0.347 e. The van der Waals surface area contributed by atoms with Crippen molar-refractivity contribution in [1.29, 1.82) is 0 Å². The summed E-state index contributed by atoms with van der Waals surface area (Å²) in [6.45, 7) is 0.504. The van der Waals surface area contributed by atoms with Gasteiger partial charge < -0.3 is 5.32 Å². The van der Waals surface area contributed by atoms with E-state index in [4.69, 9.17) is 11.6 Å². The highest BCUT2D eigenvalue weighted by atomic mass is 35.5. The molecule has 0 saturated carbocycles. The number of carbonyl (C=O) groups is 1. The SMILES string of the molecule is Cn1nc2c(c1CNC(=O)/C=C/c1ccccc1Cl)CCC2. The van der Waals surface area contributed by atoms with Gasteiger partial charge in [0.1, 0.15) is 0 Å². The summed E-state index contributed by atoms with van der Waals surface area (Å²) in [5, 5.41) is 8.06. The van der Waals surface area contributed by atoms with E-state index in [0.717, 1.165) is 30.5 Å². The summed E-state index contributed by atoms with van der Waals surface area (Å²) in [5.74, 6) is -0.132. The highest BCUT2D eigenvalue weighted by molar-refractivity contribution is 6.32. The molecule has 4 nitrogen and oxygen atoms in total. The van der Waals surface area contributed by atoms with E-state index in [-0.39, 0.29) is 5.91 Å². The minimum atomic E-state index is -0.132. The highest BCUT2D eigenvalue weighted by Gasteiger charge is 2.20. The Bertz CT molecular complexity index is 734. The van der Waals surface area contributed by atoms with Gasteiger partial charge in [-0.3, -0.25) is 9.48 Å². The smallest absolute Gasteiger partial charge is 0.244 e. The van der Waals surface area contributed by atoms with Crippen molar-refractivity contribution in [2.75, 3.05) is 0 Å². The van der Waals surface area contributed by atoms with E-state index in [0.29, 0.717) is 11.6 Å². The Hall–Kier alpha value is -2.07. The number of amides is 1. The van der Waals surface area contributed by atoms with Gasteiger partial charge in [0.05, 0.1) is 17.9 Å². The normalized spacial score (nSPS) is 13.5. The van der Waals surface area contributed by atoms with Crippen molar-refractivity contribution < 1.29 is 4.79 Å². The van der Waals surface area contributed by atoms with Crippen molar-refractivity contribution in [3.05, 3.63) is 57.9 Å². The van der Waals surface area contributed by atoms with Crippen LogP contribution in [0.2, 0.25) is 5.02 Å². The number of hydrogen-bond donors (Lipinski definition) is 1. The molecule has 0 fully saturated rings. The summed E-state index contributed by atoms with van der Waals surface area (Å²) in [6, 6.07) is 7.43. The van der Waals surface area contributed by atoms with Gasteiger partial charge in [-0.05, 0) is 42.5 Å². The maximum Gasteiger partial charge on any atom is 0.244 e. The van der Waals surface area contributed by atoms with Gasteiger partial charge in [-0.2, -0.15) is 5.10 Å². The van der Waals surface area contributed by atoms with Gasteiger partial charge in [-0.25, -0.2) is 0 Å². The van der Waals surface area contributed by atoms with Gasteiger partial charge in [-0.15, -0.1) is 0 Å². The van der Waals surface area contributed by atoms with Crippen LogP contribution >= 0.6 is 11.6 Å². The standard InChI is InChI=1S/C17H18ClN3O/c1-21-16(13-6-4-8-15(13)20-21)11-19-17(22)10-9-12-5-2-3-7-14(12)18/h2-3,5,7,9-10H,4,6,8,11H2,1H3,(H,19,22)/b10-9+. The minimum absolute atomic E-state index is 0.132. The lowest BCUT2D eigenvalue weighted by Crippen LogP contribution is -2.22. The van der Waals surface area contributed by atoms with Crippen molar-refractivity contribution in [3.8, 4) is 0 Å². The fourth-order valence-corrected chi connectivity index (χ4v) is 3.01. The number of aryl methyl sites for hydroxylation is 2. The number of hydrogen-bond acceptors (Lipinski definition) is 2. The molecule has 0 radical (unpaired) electrons. The lowest BCUT2D eigenvalue weighted by molar-refractivity contribution is -0.116. The lowest BCUT2D eigenvalue weighted by Gasteiger charge is -2.05. The Morgan fingerprint density at radius 1 is 1.41 bits per heavy atom. The molecule has 1 aliphatic rings. The highest BCUT2D eigenvalue weighted by Crippen LogP contribution is 2.24. The average molecular weight is 316 g/mol. The van der Waals surface area contributed by atoms with E-state index in [1.54, 1.807) is 12.1 Å². The maximum atomic E-state index is 12.0. The van der Waals surface area contributed by atoms with E-state index in [9.17, 15) is 4.79 Å². The zero-order valence-electron chi connectivity index (χ0n) is 12.5. The molecule has 0 atom stereocenters. The van der Waals surface area contributed by atoms with Crippen LogP contribution in [0.3, 0.4) is 0 Å². The first-order valence-corrected chi connectivity index (χ1v) is 7.77. The second-order valence-corrected chi connectivity index (χ2v) is 5.83. The fourth-order valence-electron chi connectivity index (χ4n) is 2.81. The zero-order valence-corrected chi connectivity index (χ0v) is 13.2. The van der Waals surface area contributed by atoms with Crippen LogP contribution in [0.15, 0.2) is 30.3 Å². The van der Waals surface area contributed by atoms with E-state index in [1.807, 2.05) is 29.9 Å². The molecule has 0 unspecified atom stereocenters. The molecule has 2 aromatic rings. The molecule has 1 heterocycles. The first-order valence-electron chi connectivity index (χ1n) is 7.39. The summed E-state index contributed by atoms with van der Waals surface area (Å²) >= 11 is 6.06. The first-order chi connectivity index (χ1) is 10.6. The molecule has 5 heteroatoms. The van der Waals surface area contributed by atoms with Crippen molar-refractivity contribution in [3.63, 3.8) is 0 Å². The quantitative estimate of drug-likeness (QED) is 0.882. The third-order valence-corrected chi connectivity index (χ3v) is 4.29. The van der Waals surface area contributed by atoms with Crippen LogP contribution in [0, 0.1) is 0 Å². The van der Waals surface area contributed by atoms with E-state index in [2.05, 4.69) is 10.4 Å². The molecular formula is C17H18ClN3O. The average Bonchev–Trinajstić information content (AvgIpc) is 3.05. The van der Waals surface area contributed by atoms with Crippen molar-refractivity contribution in [2.45, 2.75) is 25.8 Å². The molecule has 1 aromatic carbocycles. The lowest BCUT2D eigenvalue weighted by atomic mass is 10.2. The molecule has 0 bridgehead atoms. The molecule has 0 aliphatic heterocycles. The van der Waals surface area contributed by atoms with Crippen LogP contribution in [0.25, 0.3) is 6.08 Å². The molecule has 0 saturated heterocycles. The number of nitrogens with zero attached hydrogens (tertiary/aromatic N) is 2. The third kappa shape index (κ3) is 3.07. The van der Waals surface area contributed by atoms with E-state index < -0.39 is 0 Å². The molecule has 1 aliphatic carbocycles. The fraction of sp³-hybridized carbons (Fsp3) is 0.294. The van der Waals surface area contributed by atoms with Crippen LogP contribution in [-0.4, -0.2) is 15.7 Å². The van der Waals surface area contributed by atoms with Gasteiger partial charge in [0.25, 0.3) is 0 Å². The van der Waals surface area contributed by atoms with Crippen molar-refractivity contribution in [2.24, 2.45) is 7.05 Å².